The zero-order valence-corrected chi connectivity index (χ0v) is 11.0. The molecule has 0 bridgehead atoms. The van der Waals surface area contributed by atoms with E-state index in [1.807, 2.05) is 12.3 Å². The van der Waals surface area contributed by atoms with Crippen molar-refractivity contribution in [1.29, 1.82) is 0 Å². The number of benzene rings is 2. The Hall–Kier alpha value is -1.16. The topological polar surface area (TPSA) is 12.9 Å². The van der Waals surface area contributed by atoms with Crippen LogP contribution in [0.5, 0.6) is 0 Å². The van der Waals surface area contributed by atoms with Gasteiger partial charge in [0.05, 0.1) is 5.52 Å². The summed E-state index contributed by atoms with van der Waals surface area (Å²) in [4.78, 5) is 4.50. The van der Waals surface area contributed by atoms with E-state index in [1.165, 1.54) is 25.3 Å². The van der Waals surface area contributed by atoms with Crippen LogP contribution in [0, 0.1) is 10.5 Å². The van der Waals surface area contributed by atoms with E-state index in [2.05, 4.69) is 64.8 Å². The second-order valence-corrected chi connectivity index (χ2v) is 5.14. The number of nitrogens with zero attached hydrogens (tertiary/aromatic N) is 1. The van der Waals surface area contributed by atoms with Crippen molar-refractivity contribution in [3.8, 4) is 0 Å². The third-order valence-electron chi connectivity index (χ3n) is 2.83. The molecule has 0 saturated carbocycles. The summed E-state index contributed by atoms with van der Waals surface area (Å²) in [6, 6.07) is 12.9. The number of halogens is 1. The van der Waals surface area contributed by atoms with Gasteiger partial charge in [-0.15, -0.1) is 0 Å². The Balaban J connectivity index is 2.55. The fraction of sp³-hybridized carbons (Fsp3) is 0.0714. The van der Waals surface area contributed by atoms with E-state index in [0.29, 0.717) is 0 Å². The SMILES string of the molecule is Cc1ccc2c(ccc3c(I)ccnc32)c1. The molecular formula is C14H10IN. The zero-order valence-electron chi connectivity index (χ0n) is 8.87. The number of aromatic nitrogens is 1. The van der Waals surface area contributed by atoms with Gasteiger partial charge in [0.15, 0.2) is 0 Å². The van der Waals surface area contributed by atoms with Crippen molar-refractivity contribution < 1.29 is 0 Å². The fourth-order valence-electron chi connectivity index (χ4n) is 2.03. The van der Waals surface area contributed by atoms with Crippen molar-refractivity contribution in [3.05, 3.63) is 51.7 Å². The van der Waals surface area contributed by atoms with Crippen LogP contribution in [-0.2, 0) is 0 Å². The Kier molecular flexibility index (Phi) is 2.32. The van der Waals surface area contributed by atoms with Crippen molar-refractivity contribution in [2.45, 2.75) is 6.92 Å². The van der Waals surface area contributed by atoms with E-state index in [0.717, 1.165) is 5.52 Å². The highest BCUT2D eigenvalue weighted by Gasteiger charge is 2.03. The van der Waals surface area contributed by atoms with Gasteiger partial charge in [0, 0.05) is 20.5 Å². The van der Waals surface area contributed by atoms with Gasteiger partial charge in [-0.25, -0.2) is 0 Å². The van der Waals surface area contributed by atoms with Gasteiger partial charge in [0.25, 0.3) is 0 Å². The van der Waals surface area contributed by atoms with Gasteiger partial charge in [0.1, 0.15) is 0 Å². The van der Waals surface area contributed by atoms with Gasteiger partial charge >= 0.3 is 0 Å². The molecule has 0 N–H and O–H groups in total. The summed E-state index contributed by atoms with van der Waals surface area (Å²) in [6.07, 6.45) is 1.88. The highest BCUT2D eigenvalue weighted by molar-refractivity contribution is 14.1. The smallest absolute Gasteiger partial charge is 0.0790 e. The number of hydrogen-bond donors (Lipinski definition) is 0. The van der Waals surface area contributed by atoms with E-state index in [-0.39, 0.29) is 0 Å². The molecule has 0 spiro atoms. The van der Waals surface area contributed by atoms with Crippen molar-refractivity contribution in [1.82, 2.24) is 4.98 Å². The van der Waals surface area contributed by atoms with Gasteiger partial charge in [-0.05, 0) is 41.0 Å². The van der Waals surface area contributed by atoms with Gasteiger partial charge < -0.3 is 0 Å². The van der Waals surface area contributed by atoms with Gasteiger partial charge in [-0.1, -0.05) is 35.9 Å². The summed E-state index contributed by atoms with van der Waals surface area (Å²) in [5.74, 6) is 0. The largest absolute Gasteiger partial charge is 0.256 e. The molecule has 1 aromatic heterocycles. The molecule has 0 aliphatic carbocycles. The third kappa shape index (κ3) is 1.48. The lowest BCUT2D eigenvalue weighted by molar-refractivity contribution is 1.41. The van der Waals surface area contributed by atoms with Crippen LogP contribution in [-0.4, -0.2) is 4.98 Å². The molecule has 16 heavy (non-hydrogen) atoms. The van der Waals surface area contributed by atoms with Crippen LogP contribution < -0.4 is 0 Å². The maximum absolute atomic E-state index is 4.50. The molecule has 1 heterocycles. The van der Waals surface area contributed by atoms with Crippen molar-refractivity contribution >= 4 is 44.3 Å². The third-order valence-corrected chi connectivity index (χ3v) is 3.77. The van der Waals surface area contributed by atoms with Crippen LogP contribution in [0.3, 0.4) is 0 Å². The van der Waals surface area contributed by atoms with Crippen LogP contribution >= 0.6 is 22.6 Å². The average Bonchev–Trinajstić information content (AvgIpc) is 2.28. The number of pyridine rings is 1. The second kappa shape index (κ2) is 3.70. The first kappa shape index (κ1) is 10.0. The second-order valence-electron chi connectivity index (χ2n) is 3.98. The molecule has 2 heteroatoms. The molecule has 1 nitrogen and oxygen atoms in total. The molecule has 0 aliphatic heterocycles. The van der Waals surface area contributed by atoms with E-state index < -0.39 is 0 Å². The lowest BCUT2D eigenvalue weighted by atomic mass is 10.0. The summed E-state index contributed by atoms with van der Waals surface area (Å²) < 4.78 is 1.25. The molecule has 0 fully saturated rings. The van der Waals surface area contributed by atoms with Gasteiger partial charge in [-0.2, -0.15) is 0 Å². The highest BCUT2D eigenvalue weighted by Crippen LogP contribution is 2.27. The molecule has 0 aliphatic rings. The first-order valence-corrected chi connectivity index (χ1v) is 6.27. The first-order valence-electron chi connectivity index (χ1n) is 5.19. The van der Waals surface area contributed by atoms with Crippen LogP contribution in [0.4, 0.5) is 0 Å². The standard InChI is InChI=1S/C14H10IN/c1-9-2-4-11-10(8-9)3-5-12-13(15)6-7-16-14(11)12/h2-8H,1H3. The normalized spacial score (nSPS) is 11.1. The number of fused-ring (bicyclic) bond motifs is 3. The first-order chi connectivity index (χ1) is 7.75. The summed E-state index contributed by atoms with van der Waals surface area (Å²) >= 11 is 2.36. The van der Waals surface area contributed by atoms with Crippen LogP contribution in [0.1, 0.15) is 5.56 Å². The quantitative estimate of drug-likeness (QED) is 0.445. The van der Waals surface area contributed by atoms with Crippen molar-refractivity contribution in [2.75, 3.05) is 0 Å². The predicted octanol–water partition coefficient (Wildman–Crippen LogP) is 4.30. The van der Waals surface area contributed by atoms with E-state index in [4.69, 9.17) is 0 Å². The average molecular weight is 319 g/mol. The molecule has 3 aromatic rings. The van der Waals surface area contributed by atoms with E-state index >= 15 is 0 Å². The summed E-state index contributed by atoms with van der Waals surface area (Å²) in [6.45, 7) is 2.12. The fourth-order valence-corrected chi connectivity index (χ4v) is 2.63. The summed E-state index contributed by atoms with van der Waals surface area (Å²) in [7, 11) is 0. The predicted molar refractivity (Wildman–Crippen MR) is 76.7 cm³/mol. The van der Waals surface area contributed by atoms with Gasteiger partial charge in [-0.3, -0.25) is 4.98 Å². The maximum Gasteiger partial charge on any atom is 0.0790 e. The van der Waals surface area contributed by atoms with Crippen LogP contribution in [0.15, 0.2) is 42.6 Å². The minimum absolute atomic E-state index is 1.10. The number of aryl methyl sites for hydroxylation is 1. The Morgan fingerprint density at radius 3 is 2.69 bits per heavy atom. The number of hydrogen-bond acceptors (Lipinski definition) is 1. The van der Waals surface area contributed by atoms with Crippen molar-refractivity contribution in [3.63, 3.8) is 0 Å². The van der Waals surface area contributed by atoms with Crippen molar-refractivity contribution in [2.24, 2.45) is 0 Å². The van der Waals surface area contributed by atoms with Crippen LogP contribution in [0.25, 0.3) is 21.7 Å². The number of rotatable bonds is 0. The molecule has 3 rings (SSSR count). The molecule has 0 saturated heterocycles. The maximum atomic E-state index is 4.50. The lowest BCUT2D eigenvalue weighted by Crippen LogP contribution is -1.84. The molecule has 0 amide bonds. The Bertz CT molecular complexity index is 689. The highest BCUT2D eigenvalue weighted by atomic mass is 127. The van der Waals surface area contributed by atoms with Gasteiger partial charge in [0.2, 0.25) is 0 Å². The molecule has 2 aromatic carbocycles. The molecule has 0 unspecified atom stereocenters. The molecule has 0 atom stereocenters. The zero-order chi connectivity index (χ0) is 11.1. The van der Waals surface area contributed by atoms with E-state index in [1.54, 1.807) is 0 Å². The monoisotopic (exact) mass is 319 g/mol. The minimum Gasteiger partial charge on any atom is -0.256 e. The molecule has 0 radical (unpaired) electrons. The summed E-state index contributed by atoms with van der Waals surface area (Å²) in [5, 5.41) is 3.74. The summed E-state index contributed by atoms with van der Waals surface area (Å²) in [5.41, 5.74) is 2.39. The Morgan fingerprint density at radius 2 is 1.81 bits per heavy atom. The molecule has 78 valence electrons. The Labute approximate surface area is 108 Å². The molecular weight excluding hydrogens is 309 g/mol. The van der Waals surface area contributed by atoms with Crippen LogP contribution in [0.2, 0.25) is 0 Å². The minimum atomic E-state index is 1.10. The Morgan fingerprint density at radius 1 is 1.00 bits per heavy atom. The van der Waals surface area contributed by atoms with E-state index in [9.17, 15) is 0 Å². The lowest BCUT2D eigenvalue weighted by Gasteiger charge is -2.05.